The van der Waals surface area contributed by atoms with Gasteiger partial charge in [0.2, 0.25) is 11.8 Å². The number of nitrogens with one attached hydrogen (secondary N) is 5. The van der Waals surface area contributed by atoms with Crippen LogP contribution in [-0.2, 0) is 31.8 Å². The Balaban J connectivity index is 1.93. The van der Waals surface area contributed by atoms with Gasteiger partial charge in [0.25, 0.3) is 11.8 Å². The van der Waals surface area contributed by atoms with E-state index in [4.69, 9.17) is 0 Å². The average Bonchev–Trinajstić information content (AvgIpc) is 3.12. The molecule has 0 bridgehead atoms. The summed E-state index contributed by atoms with van der Waals surface area (Å²) in [5.74, 6) is -1.82. The number of likely N-dealkylation sites (N-methyl/N-ethyl adjacent to an activating group) is 1. The summed E-state index contributed by atoms with van der Waals surface area (Å²) in [7, 11) is 0.163. The highest BCUT2D eigenvalue weighted by Gasteiger charge is 2.29. The molecule has 0 radical (unpaired) electrons. The normalized spacial score (nSPS) is 13.5. The van der Waals surface area contributed by atoms with Gasteiger partial charge in [-0.3, -0.25) is 23.5 Å². The van der Waals surface area contributed by atoms with Crippen molar-refractivity contribution >= 4 is 39.5 Å². The predicted molar refractivity (Wildman–Crippen MR) is 209 cm³/mol. The van der Waals surface area contributed by atoms with Crippen molar-refractivity contribution in [1.82, 2.24) is 30.9 Å². The number of rotatable bonds is 18. The molecule has 0 fully saturated rings. The molecule has 3 aromatic carbocycles. The molecule has 0 aliphatic rings. The van der Waals surface area contributed by atoms with E-state index in [1.807, 2.05) is 95.3 Å². The maximum Gasteiger partial charge on any atom is 0.303 e. The summed E-state index contributed by atoms with van der Waals surface area (Å²) in [5.41, 5.74) is 1.27. The lowest BCUT2D eigenvalue weighted by Gasteiger charge is -2.28. The highest BCUT2D eigenvalue weighted by Crippen LogP contribution is 2.25. The van der Waals surface area contributed by atoms with E-state index in [9.17, 15) is 27.6 Å². The molecule has 0 saturated heterocycles. The fraction of sp³-hybridized carbons (Fsp3) is 0.436. The Morgan fingerprint density at radius 1 is 0.774 bits per heavy atom. The van der Waals surface area contributed by atoms with Gasteiger partial charge < -0.3 is 26.6 Å². The van der Waals surface area contributed by atoms with Crippen molar-refractivity contribution in [3.05, 3.63) is 101 Å². The highest BCUT2D eigenvalue weighted by molar-refractivity contribution is 7.90. The van der Waals surface area contributed by atoms with Crippen LogP contribution in [0.25, 0.3) is 0 Å². The van der Waals surface area contributed by atoms with Gasteiger partial charge in [0.05, 0.1) is 17.3 Å². The smallest absolute Gasteiger partial charge is 0.303 e. The molecule has 14 heteroatoms. The quantitative estimate of drug-likeness (QED) is 0.133. The second-order valence-corrected chi connectivity index (χ2v) is 16.3. The SMILES string of the molecule is CCNC(=O)[C@@H](NC(=O)[C@H](C)NC[C@H](Cc1ccccc1)NC(=O)c1cc(C(=O)NC(C)(C)c2ccccc2)cc(N(C)S(=O)(=O)N(C)C)c1)C(C)C. The Morgan fingerprint density at radius 3 is 1.89 bits per heavy atom. The van der Waals surface area contributed by atoms with Gasteiger partial charge in [-0.15, -0.1) is 0 Å². The Bertz CT molecular complexity index is 1820. The molecule has 0 heterocycles. The van der Waals surface area contributed by atoms with E-state index in [0.29, 0.717) is 13.0 Å². The number of amides is 4. The number of carbonyl (C=O) groups excluding carboxylic acids is 4. The van der Waals surface area contributed by atoms with Gasteiger partial charge in [0.15, 0.2) is 0 Å². The maximum absolute atomic E-state index is 14.0. The number of anilines is 1. The minimum absolute atomic E-state index is 0.0662. The average molecular weight is 750 g/mol. The Kier molecular flexibility index (Phi) is 15.1. The van der Waals surface area contributed by atoms with Gasteiger partial charge in [-0.1, -0.05) is 74.5 Å². The first-order valence-electron chi connectivity index (χ1n) is 17.7. The standard InChI is InChI=1S/C39H55N7O6S/c1-10-40-38(50)34(26(2)3)43-35(47)27(4)41-25-32(21-28-17-13-11-14-18-28)42-36(48)29-22-30(24-33(23-29)46(9)53(51,52)45(7)8)37(49)44-39(5,6)31-19-15-12-16-20-31/h11-20,22-24,26-27,32,34,41H,10,21,25H2,1-9H3,(H,40,50)(H,42,48)(H,43,47)(H,44,49)/t27-,32-,34-/m0/s1. The molecule has 0 aliphatic carbocycles. The van der Waals surface area contributed by atoms with Crippen LogP contribution >= 0.6 is 0 Å². The van der Waals surface area contributed by atoms with E-state index < -0.39 is 45.7 Å². The number of hydrogen-bond donors (Lipinski definition) is 5. The lowest BCUT2D eigenvalue weighted by molar-refractivity contribution is -0.130. The van der Waals surface area contributed by atoms with Crippen LogP contribution in [-0.4, -0.2) is 88.7 Å². The summed E-state index contributed by atoms with van der Waals surface area (Å²) in [6.45, 7) is 11.5. The summed E-state index contributed by atoms with van der Waals surface area (Å²) >= 11 is 0. The second kappa shape index (κ2) is 18.8. The lowest BCUT2D eigenvalue weighted by Crippen LogP contribution is -2.55. The van der Waals surface area contributed by atoms with Crippen molar-refractivity contribution in [2.45, 2.75) is 71.6 Å². The first kappa shape index (κ1) is 42.6. The van der Waals surface area contributed by atoms with Crippen LogP contribution in [0.2, 0.25) is 0 Å². The van der Waals surface area contributed by atoms with E-state index in [2.05, 4.69) is 26.6 Å². The third-order valence-electron chi connectivity index (χ3n) is 8.86. The van der Waals surface area contributed by atoms with Crippen molar-refractivity contribution < 1.29 is 27.6 Å². The molecule has 53 heavy (non-hydrogen) atoms. The van der Waals surface area contributed by atoms with Gasteiger partial charge in [0, 0.05) is 51.4 Å². The monoisotopic (exact) mass is 749 g/mol. The maximum atomic E-state index is 14.0. The lowest BCUT2D eigenvalue weighted by atomic mass is 9.93. The zero-order valence-corrected chi connectivity index (χ0v) is 33.0. The summed E-state index contributed by atoms with van der Waals surface area (Å²) in [5, 5.41) is 14.8. The van der Waals surface area contributed by atoms with E-state index >= 15 is 0 Å². The van der Waals surface area contributed by atoms with Crippen LogP contribution in [0.4, 0.5) is 5.69 Å². The molecule has 0 unspecified atom stereocenters. The van der Waals surface area contributed by atoms with Crippen LogP contribution in [0.5, 0.6) is 0 Å². The first-order chi connectivity index (χ1) is 24.9. The molecule has 5 N–H and O–H groups in total. The molecule has 0 saturated carbocycles. The van der Waals surface area contributed by atoms with Crippen molar-refractivity contribution in [2.24, 2.45) is 5.92 Å². The number of carbonyl (C=O) groups is 4. The fourth-order valence-corrected chi connectivity index (χ4v) is 6.43. The molecule has 3 aromatic rings. The highest BCUT2D eigenvalue weighted by atomic mass is 32.2. The Morgan fingerprint density at radius 2 is 1.34 bits per heavy atom. The summed E-state index contributed by atoms with van der Waals surface area (Å²) in [6, 6.07) is 21.2. The number of nitrogens with zero attached hydrogens (tertiary/aromatic N) is 2. The van der Waals surface area contributed by atoms with Gasteiger partial charge >= 0.3 is 10.2 Å². The molecular formula is C39H55N7O6S. The first-order valence-corrected chi connectivity index (χ1v) is 19.1. The summed E-state index contributed by atoms with van der Waals surface area (Å²) < 4.78 is 28.4. The fourth-order valence-electron chi connectivity index (χ4n) is 5.57. The van der Waals surface area contributed by atoms with Crippen LogP contribution in [0.15, 0.2) is 78.9 Å². The van der Waals surface area contributed by atoms with Crippen LogP contribution < -0.4 is 30.9 Å². The molecule has 4 amide bonds. The zero-order chi connectivity index (χ0) is 39.5. The molecule has 3 atom stereocenters. The minimum atomic E-state index is -3.98. The predicted octanol–water partition coefficient (Wildman–Crippen LogP) is 3.19. The Hall–Kier alpha value is -4.79. The summed E-state index contributed by atoms with van der Waals surface area (Å²) in [4.78, 5) is 53.6. The molecule has 13 nitrogen and oxygen atoms in total. The van der Waals surface area contributed by atoms with Crippen molar-refractivity contribution in [3.8, 4) is 0 Å². The minimum Gasteiger partial charge on any atom is -0.355 e. The molecular weight excluding hydrogens is 695 g/mol. The topological polar surface area (TPSA) is 169 Å². The van der Waals surface area contributed by atoms with Gasteiger partial charge in [-0.05, 0) is 69.4 Å². The molecule has 3 rings (SSSR count). The van der Waals surface area contributed by atoms with E-state index in [1.165, 1.54) is 39.3 Å². The summed E-state index contributed by atoms with van der Waals surface area (Å²) in [6.07, 6.45) is 0.397. The van der Waals surface area contributed by atoms with E-state index in [-0.39, 0.29) is 41.1 Å². The molecule has 0 aliphatic heterocycles. The third kappa shape index (κ3) is 11.9. The number of benzene rings is 3. The van der Waals surface area contributed by atoms with Crippen molar-refractivity contribution in [3.63, 3.8) is 0 Å². The largest absolute Gasteiger partial charge is 0.355 e. The van der Waals surface area contributed by atoms with Gasteiger partial charge in [-0.25, -0.2) is 0 Å². The second-order valence-electron chi connectivity index (χ2n) is 14.1. The van der Waals surface area contributed by atoms with Crippen LogP contribution in [0, 0.1) is 5.92 Å². The van der Waals surface area contributed by atoms with Crippen molar-refractivity contribution in [2.75, 3.05) is 38.5 Å². The molecule has 0 spiro atoms. The Labute approximate surface area is 314 Å². The van der Waals surface area contributed by atoms with E-state index in [1.54, 1.807) is 6.92 Å². The van der Waals surface area contributed by atoms with Gasteiger partial charge in [0.1, 0.15) is 6.04 Å². The molecule has 288 valence electrons. The van der Waals surface area contributed by atoms with Gasteiger partial charge in [-0.2, -0.15) is 12.7 Å². The molecule has 0 aromatic heterocycles. The number of hydrogen-bond acceptors (Lipinski definition) is 7. The zero-order valence-electron chi connectivity index (χ0n) is 32.2. The van der Waals surface area contributed by atoms with Crippen LogP contribution in [0.3, 0.4) is 0 Å². The van der Waals surface area contributed by atoms with Crippen molar-refractivity contribution in [1.29, 1.82) is 0 Å². The third-order valence-corrected chi connectivity index (χ3v) is 10.7. The van der Waals surface area contributed by atoms with Crippen LogP contribution in [0.1, 0.15) is 73.4 Å². The van der Waals surface area contributed by atoms with E-state index in [0.717, 1.165) is 19.7 Å².